The number of fused-ring (bicyclic) bond motifs is 2. The van der Waals surface area contributed by atoms with Crippen LogP contribution in [0, 0.1) is 29.4 Å². The van der Waals surface area contributed by atoms with Gasteiger partial charge >= 0.3 is 0 Å². The van der Waals surface area contributed by atoms with E-state index >= 15 is 0 Å². The number of H-pyrrole nitrogens is 1. The molecule has 12 heteroatoms. The first-order valence-electron chi connectivity index (χ1n) is 14.1. The molecule has 1 amide bonds. The number of aryl methyl sites for hydroxylation is 1. The van der Waals surface area contributed by atoms with Crippen molar-refractivity contribution in [2.24, 2.45) is 0 Å². The second-order valence-electron chi connectivity index (χ2n) is 10.2. The molecule has 0 spiro atoms. The zero-order valence-electron chi connectivity index (χ0n) is 24.8. The van der Waals surface area contributed by atoms with Crippen molar-refractivity contribution in [1.82, 2.24) is 30.2 Å². The predicted octanol–water partition coefficient (Wildman–Crippen LogP) is 4.73. The van der Waals surface area contributed by atoms with E-state index in [9.17, 15) is 19.7 Å². The van der Waals surface area contributed by atoms with E-state index in [1.54, 1.807) is 55.8 Å². The number of terminal acetylenes is 1. The summed E-state index contributed by atoms with van der Waals surface area (Å²) in [5.41, 5.74) is 3.75. The molecule has 2 N–H and O–H groups in total. The van der Waals surface area contributed by atoms with Gasteiger partial charge in [-0.3, -0.25) is 19.7 Å². The van der Waals surface area contributed by atoms with Gasteiger partial charge in [-0.15, -0.1) is 6.42 Å². The van der Waals surface area contributed by atoms with Crippen molar-refractivity contribution in [3.63, 3.8) is 0 Å². The SMILES string of the molecule is C#CCN(Cc1ccc2nc(C)[nH]c(=O)c2c1)c1ccc(C(=O)NCc2cccc([N+](=O)[O-])c2)nc1.c1ccc2ncncc2c1. The van der Waals surface area contributed by atoms with Crippen molar-refractivity contribution in [2.75, 3.05) is 11.4 Å². The lowest BCUT2D eigenvalue weighted by atomic mass is 10.1. The molecule has 0 atom stereocenters. The van der Waals surface area contributed by atoms with Crippen molar-refractivity contribution in [1.29, 1.82) is 0 Å². The van der Waals surface area contributed by atoms with E-state index < -0.39 is 10.8 Å². The number of nitro benzene ring substituents is 1. The minimum absolute atomic E-state index is 0.0415. The first kappa shape index (κ1) is 31.0. The number of hydrogen-bond donors (Lipinski definition) is 2. The van der Waals surface area contributed by atoms with E-state index in [2.05, 4.69) is 36.2 Å². The Hall–Kier alpha value is -6.48. The Bertz CT molecular complexity index is 2060. The van der Waals surface area contributed by atoms with Crippen LogP contribution in [-0.4, -0.2) is 42.3 Å². The molecule has 0 aliphatic rings. The number of para-hydroxylation sites is 1. The Morgan fingerprint density at radius 2 is 1.85 bits per heavy atom. The summed E-state index contributed by atoms with van der Waals surface area (Å²) in [5.74, 6) is 2.76. The fraction of sp³-hybridized carbons (Fsp3) is 0.118. The van der Waals surface area contributed by atoms with Gasteiger partial charge < -0.3 is 15.2 Å². The Morgan fingerprint density at radius 3 is 2.61 bits per heavy atom. The number of pyridine rings is 1. The van der Waals surface area contributed by atoms with Crippen LogP contribution < -0.4 is 15.8 Å². The van der Waals surface area contributed by atoms with Gasteiger partial charge in [-0.25, -0.2) is 19.9 Å². The fourth-order valence-electron chi connectivity index (χ4n) is 4.65. The summed E-state index contributed by atoms with van der Waals surface area (Å²) in [6, 6.07) is 22.8. The van der Waals surface area contributed by atoms with Crippen molar-refractivity contribution in [3.8, 4) is 12.3 Å². The molecule has 3 aromatic carbocycles. The quantitative estimate of drug-likeness (QED) is 0.141. The third kappa shape index (κ3) is 7.72. The van der Waals surface area contributed by atoms with Gasteiger partial charge in [0.25, 0.3) is 17.2 Å². The van der Waals surface area contributed by atoms with Gasteiger partial charge in [-0.2, -0.15) is 0 Å². The number of aromatic amines is 1. The average Bonchev–Trinajstić information content (AvgIpc) is 3.08. The van der Waals surface area contributed by atoms with E-state index in [1.807, 2.05) is 41.4 Å². The lowest BCUT2D eigenvalue weighted by Gasteiger charge is -2.22. The van der Waals surface area contributed by atoms with Crippen LogP contribution in [0.3, 0.4) is 0 Å². The van der Waals surface area contributed by atoms with Crippen LogP contribution in [0.2, 0.25) is 0 Å². The highest BCUT2D eigenvalue weighted by atomic mass is 16.6. The summed E-state index contributed by atoms with van der Waals surface area (Å²) in [6.45, 7) is 2.57. The van der Waals surface area contributed by atoms with Crippen molar-refractivity contribution < 1.29 is 9.72 Å². The molecule has 0 saturated carbocycles. The summed E-state index contributed by atoms with van der Waals surface area (Å²) in [7, 11) is 0. The topological polar surface area (TPSA) is 160 Å². The normalized spacial score (nSPS) is 10.4. The van der Waals surface area contributed by atoms with Gasteiger partial charge in [0.2, 0.25) is 0 Å². The standard InChI is InChI=1S/C26H22N6O4.C8H6N2/c1-3-11-31(16-19-7-9-23-22(13-19)25(33)30-17(2)29-23)21-8-10-24(27-15-21)26(34)28-14-18-5-4-6-20(12-18)32(35)36;1-2-4-8-7(3-1)5-9-6-10-8/h1,4-10,12-13,15H,11,14,16H2,2H3,(H,28,34)(H,29,30,33);1-6H. The first-order valence-corrected chi connectivity index (χ1v) is 14.1. The summed E-state index contributed by atoms with van der Waals surface area (Å²) in [5, 5.41) is 15.2. The van der Waals surface area contributed by atoms with Crippen LogP contribution in [0.5, 0.6) is 0 Å². The molecule has 228 valence electrons. The van der Waals surface area contributed by atoms with Gasteiger partial charge in [0.15, 0.2) is 0 Å². The number of aromatic nitrogens is 5. The van der Waals surface area contributed by atoms with Gasteiger partial charge in [0.1, 0.15) is 17.8 Å². The van der Waals surface area contributed by atoms with Crippen LogP contribution in [-0.2, 0) is 13.1 Å². The molecule has 6 rings (SSSR count). The number of nitrogens with one attached hydrogen (secondary N) is 2. The highest BCUT2D eigenvalue weighted by Crippen LogP contribution is 2.19. The lowest BCUT2D eigenvalue weighted by Crippen LogP contribution is -2.25. The molecule has 0 unspecified atom stereocenters. The van der Waals surface area contributed by atoms with Gasteiger partial charge in [0, 0.05) is 36.8 Å². The zero-order valence-corrected chi connectivity index (χ0v) is 24.8. The Morgan fingerprint density at radius 1 is 1.00 bits per heavy atom. The summed E-state index contributed by atoms with van der Waals surface area (Å²) < 4.78 is 0. The third-order valence-corrected chi connectivity index (χ3v) is 6.88. The van der Waals surface area contributed by atoms with Gasteiger partial charge in [-0.1, -0.05) is 42.3 Å². The monoisotopic (exact) mass is 612 g/mol. The van der Waals surface area contributed by atoms with Crippen LogP contribution >= 0.6 is 0 Å². The molecule has 0 aliphatic heterocycles. The van der Waals surface area contributed by atoms with Crippen molar-refractivity contribution in [2.45, 2.75) is 20.0 Å². The number of anilines is 1. The molecule has 3 heterocycles. The number of nitrogens with zero attached hydrogens (tertiary/aromatic N) is 6. The predicted molar refractivity (Wildman–Crippen MR) is 175 cm³/mol. The molecule has 0 bridgehead atoms. The largest absolute Gasteiger partial charge is 0.355 e. The molecular formula is C34H28N8O4. The molecule has 0 radical (unpaired) electrons. The Kier molecular flexibility index (Phi) is 9.64. The highest BCUT2D eigenvalue weighted by Gasteiger charge is 2.13. The molecule has 0 aliphatic carbocycles. The molecule has 12 nitrogen and oxygen atoms in total. The lowest BCUT2D eigenvalue weighted by molar-refractivity contribution is -0.384. The first-order chi connectivity index (χ1) is 22.3. The highest BCUT2D eigenvalue weighted by molar-refractivity contribution is 5.92. The average molecular weight is 613 g/mol. The number of non-ortho nitro benzene ring substituents is 1. The maximum absolute atomic E-state index is 12.5. The maximum atomic E-state index is 12.5. The summed E-state index contributed by atoms with van der Waals surface area (Å²) in [4.78, 5) is 56.4. The number of carbonyl (C=O) groups is 1. The van der Waals surface area contributed by atoms with Gasteiger partial charge in [-0.05, 0) is 48.4 Å². The number of hydrogen-bond acceptors (Lipinski definition) is 9. The number of amides is 1. The second-order valence-corrected chi connectivity index (χ2v) is 10.2. The van der Waals surface area contributed by atoms with Crippen molar-refractivity contribution in [3.05, 3.63) is 141 Å². The summed E-state index contributed by atoms with van der Waals surface area (Å²) >= 11 is 0. The molecule has 0 saturated heterocycles. The van der Waals surface area contributed by atoms with E-state index in [-0.39, 0.29) is 23.5 Å². The zero-order chi connectivity index (χ0) is 32.5. The number of carbonyl (C=O) groups excluding carboxylic acids is 1. The van der Waals surface area contributed by atoms with Crippen LogP contribution in [0.1, 0.15) is 27.4 Å². The second kappa shape index (κ2) is 14.3. The minimum Gasteiger partial charge on any atom is -0.355 e. The Labute approximate surface area is 263 Å². The molecule has 46 heavy (non-hydrogen) atoms. The van der Waals surface area contributed by atoms with Crippen LogP contribution in [0.15, 0.2) is 102 Å². The minimum atomic E-state index is -0.485. The molecule has 6 aromatic rings. The Balaban J connectivity index is 0.000000350. The van der Waals surface area contributed by atoms with Crippen LogP contribution in [0.4, 0.5) is 11.4 Å². The van der Waals surface area contributed by atoms with E-state index in [0.717, 1.165) is 16.5 Å². The van der Waals surface area contributed by atoms with E-state index in [1.165, 1.54) is 12.1 Å². The number of rotatable bonds is 8. The number of benzene rings is 3. The fourth-order valence-corrected chi connectivity index (χ4v) is 4.65. The van der Waals surface area contributed by atoms with Crippen LogP contribution in [0.25, 0.3) is 21.8 Å². The molecule has 3 aromatic heterocycles. The van der Waals surface area contributed by atoms with E-state index in [4.69, 9.17) is 6.42 Å². The number of nitro groups is 1. The molecular weight excluding hydrogens is 584 g/mol. The van der Waals surface area contributed by atoms with Crippen molar-refractivity contribution >= 4 is 39.1 Å². The van der Waals surface area contributed by atoms with E-state index in [0.29, 0.717) is 41.1 Å². The van der Waals surface area contributed by atoms with Gasteiger partial charge in [0.05, 0.1) is 39.8 Å². The summed E-state index contributed by atoms with van der Waals surface area (Å²) in [6.07, 6.45) is 10.5. The third-order valence-electron chi connectivity index (χ3n) is 6.88. The molecule has 0 fully saturated rings. The maximum Gasteiger partial charge on any atom is 0.270 e. The smallest absolute Gasteiger partial charge is 0.270 e.